The van der Waals surface area contributed by atoms with Gasteiger partial charge in [-0.1, -0.05) is 35.3 Å². The van der Waals surface area contributed by atoms with Gasteiger partial charge in [0, 0.05) is 34.1 Å². The van der Waals surface area contributed by atoms with Crippen LogP contribution in [0.15, 0.2) is 33.3 Å². The van der Waals surface area contributed by atoms with Crippen LogP contribution in [0, 0.1) is 12.8 Å². The zero-order valence-corrected chi connectivity index (χ0v) is 22.2. The number of aromatic nitrogens is 1. The molecule has 0 N–H and O–H groups in total. The van der Waals surface area contributed by atoms with Crippen molar-refractivity contribution in [2.45, 2.75) is 58.3 Å². The molecule has 1 saturated heterocycles. The van der Waals surface area contributed by atoms with Crippen molar-refractivity contribution in [3.8, 4) is 0 Å². The van der Waals surface area contributed by atoms with Crippen LogP contribution in [0.5, 0.6) is 0 Å². The molecule has 2 heterocycles. The van der Waals surface area contributed by atoms with Crippen molar-refractivity contribution in [1.82, 2.24) is 9.29 Å². The van der Waals surface area contributed by atoms with Crippen molar-refractivity contribution in [3.05, 3.63) is 61.3 Å². The van der Waals surface area contributed by atoms with Gasteiger partial charge in [-0.15, -0.1) is 0 Å². The zero-order chi connectivity index (χ0) is 22.2. The van der Waals surface area contributed by atoms with Gasteiger partial charge in [-0.25, -0.2) is 12.7 Å². The van der Waals surface area contributed by atoms with Gasteiger partial charge in [-0.05, 0) is 95.3 Å². The summed E-state index contributed by atoms with van der Waals surface area (Å²) >= 11 is 7.47. The highest BCUT2D eigenvalue weighted by atomic mass is 79.9. The molecule has 4 nitrogen and oxygen atoms in total. The van der Waals surface area contributed by atoms with Crippen molar-refractivity contribution in [2.24, 2.45) is 5.92 Å². The van der Waals surface area contributed by atoms with E-state index in [-0.39, 0.29) is 11.7 Å². The number of aryl methyl sites for hydroxylation is 3. The lowest BCUT2D eigenvalue weighted by Gasteiger charge is -2.36. The van der Waals surface area contributed by atoms with Crippen LogP contribution in [-0.4, -0.2) is 36.5 Å². The average molecular weight is 570 g/mol. The first-order valence-corrected chi connectivity index (χ1v) is 14.4. The maximum absolute atomic E-state index is 12.7. The highest BCUT2D eigenvalue weighted by Crippen LogP contribution is 2.45. The van der Waals surface area contributed by atoms with Crippen molar-refractivity contribution in [1.29, 1.82) is 0 Å². The molecule has 1 fully saturated rings. The van der Waals surface area contributed by atoms with Crippen LogP contribution in [0.1, 0.15) is 66.5 Å². The molecule has 1 atom stereocenters. The molecule has 0 radical (unpaired) electrons. The van der Waals surface area contributed by atoms with Crippen LogP contribution in [0.25, 0.3) is 0 Å². The molecular formula is C24H30Br2N2O2S. The Morgan fingerprint density at radius 2 is 1.81 bits per heavy atom. The number of unbranched alkanes of at least 4 members (excludes halogenated alkanes) is 1. The molecule has 0 spiro atoms. The third kappa shape index (κ3) is 4.94. The van der Waals surface area contributed by atoms with E-state index < -0.39 is 10.0 Å². The summed E-state index contributed by atoms with van der Waals surface area (Å²) in [6.07, 6.45) is 7.26. The number of piperidine rings is 1. The Morgan fingerprint density at radius 3 is 2.52 bits per heavy atom. The van der Waals surface area contributed by atoms with E-state index in [1.165, 1.54) is 27.9 Å². The Labute approximate surface area is 203 Å². The Bertz CT molecular complexity index is 1060. The van der Waals surface area contributed by atoms with E-state index in [9.17, 15) is 8.42 Å². The molecule has 1 aliphatic carbocycles. The summed E-state index contributed by atoms with van der Waals surface area (Å²) in [6, 6.07) is 6.74. The lowest BCUT2D eigenvalue weighted by atomic mass is 9.76. The van der Waals surface area contributed by atoms with Gasteiger partial charge in [0.15, 0.2) is 0 Å². The van der Waals surface area contributed by atoms with Gasteiger partial charge in [0.1, 0.15) is 0 Å². The molecule has 7 heteroatoms. The van der Waals surface area contributed by atoms with Gasteiger partial charge in [0.2, 0.25) is 10.0 Å². The molecule has 1 aliphatic heterocycles. The standard InChI is InChI=1S/C24H30Br2N2O2S/c1-3-4-11-31(29,30)28-9-7-17(8-10-28)23-22-18(12-16(2)13-21(22)26)5-6-19-14-20(25)15-27-24(19)23/h12-15,17,23H,3-11H2,1-2H3. The number of halogens is 2. The minimum atomic E-state index is -3.15. The van der Waals surface area contributed by atoms with E-state index in [0.717, 1.165) is 47.5 Å². The fourth-order valence-electron chi connectivity index (χ4n) is 5.16. The minimum absolute atomic E-state index is 0.191. The maximum atomic E-state index is 12.7. The number of hydrogen-bond donors (Lipinski definition) is 0. The fourth-order valence-corrected chi connectivity index (χ4v) is 8.08. The van der Waals surface area contributed by atoms with Gasteiger partial charge >= 0.3 is 0 Å². The second-order valence-corrected chi connectivity index (χ2v) is 12.8. The number of rotatable bonds is 5. The van der Waals surface area contributed by atoms with E-state index >= 15 is 0 Å². The molecule has 31 heavy (non-hydrogen) atoms. The van der Waals surface area contributed by atoms with Gasteiger partial charge in [0.05, 0.1) is 11.4 Å². The summed E-state index contributed by atoms with van der Waals surface area (Å²) in [5.41, 5.74) is 6.48. The van der Waals surface area contributed by atoms with Crippen molar-refractivity contribution < 1.29 is 8.42 Å². The van der Waals surface area contributed by atoms with Crippen LogP contribution in [0.2, 0.25) is 0 Å². The zero-order valence-electron chi connectivity index (χ0n) is 18.2. The van der Waals surface area contributed by atoms with Crippen molar-refractivity contribution in [3.63, 3.8) is 0 Å². The van der Waals surface area contributed by atoms with Crippen LogP contribution >= 0.6 is 31.9 Å². The first-order chi connectivity index (χ1) is 14.8. The molecule has 2 aliphatic rings. The summed E-state index contributed by atoms with van der Waals surface area (Å²) < 4.78 is 29.3. The molecule has 168 valence electrons. The maximum Gasteiger partial charge on any atom is 0.214 e. The Hall–Kier alpha value is -0.760. The first kappa shape index (κ1) is 23.4. The van der Waals surface area contributed by atoms with E-state index in [1.807, 2.05) is 13.1 Å². The van der Waals surface area contributed by atoms with Crippen molar-refractivity contribution >= 4 is 41.9 Å². The molecule has 2 aromatic rings. The quantitative estimate of drug-likeness (QED) is 0.444. The highest BCUT2D eigenvalue weighted by molar-refractivity contribution is 9.10. The monoisotopic (exact) mass is 568 g/mol. The summed E-state index contributed by atoms with van der Waals surface area (Å²) in [7, 11) is -3.15. The second-order valence-electron chi connectivity index (χ2n) is 8.90. The SMILES string of the molecule is CCCCS(=O)(=O)N1CCC(C2c3ncc(Br)cc3CCc3cc(C)cc(Br)c32)CC1. The molecule has 1 unspecified atom stereocenters. The number of benzene rings is 1. The molecule has 0 saturated carbocycles. The van der Waals surface area contributed by atoms with Crippen LogP contribution in [-0.2, 0) is 22.9 Å². The molecule has 0 amide bonds. The van der Waals surface area contributed by atoms with Crippen LogP contribution in [0.4, 0.5) is 0 Å². The van der Waals surface area contributed by atoms with Gasteiger partial charge in [-0.2, -0.15) is 0 Å². The number of fused-ring (bicyclic) bond motifs is 2. The fraction of sp³-hybridized carbons (Fsp3) is 0.542. The van der Waals surface area contributed by atoms with Crippen LogP contribution in [0.3, 0.4) is 0 Å². The number of nitrogens with zero attached hydrogens (tertiary/aromatic N) is 2. The molecular weight excluding hydrogens is 540 g/mol. The highest BCUT2D eigenvalue weighted by Gasteiger charge is 2.37. The predicted molar refractivity (Wildman–Crippen MR) is 133 cm³/mol. The van der Waals surface area contributed by atoms with Crippen molar-refractivity contribution in [2.75, 3.05) is 18.8 Å². The van der Waals surface area contributed by atoms with E-state index in [2.05, 4.69) is 57.0 Å². The largest absolute Gasteiger partial charge is 0.259 e. The van der Waals surface area contributed by atoms with Gasteiger partial charge < -0.3 is 0 Å². The third-order valence-corrected chi connectivity index (χ3v) is 9.76. The molecule has 1 aromatic carbocycles. The lowest BCUT2D eigenvalue weighted by molar-refractivity contribution is 0.254. The predicted octanol–water partition coefficient (Wildman–Crippen LogP) is 5.99. The Kier molecular flexibility index (Phi) is 7.26. The van der Waals surface area contributed by atoms with Gasteiger partial charge in [0.25, 0.3) is 0 Å². The first-order valence-electron chi connectivity index (χ1n) is 11.2. The topological polar surface area (TPSA) is 50.3 Å². The minimum Gasteiger partial charge on any atom is -0.259 e. The lowest BCUT2D eigenvalue weighted by Crippen LogP contribution is -2.41. The average Bonchev–Trinajstić information content (AvgIpc) is 2.89. The Balaban J connectivity index is 1.68. The number of sulfonamides is 1. The normalized spacial score (nSPS) is 20.2. The summed E-state index contributed by atoms with van der Waals surface area (Å²) in [5, 5.41) is 0. The second kappa shape index (κ2) is 9.62. The Morgan fingerprint density at radius 1 is 1.10 bits per heavy atom. The molecule has 0 bridgehead atoms. The molecule has 1 aromatic heterocycles. The number of hydrogen-bond acceptors (Lipinski definition) is 3. The third-order valence-electron chi connectivity index (χ3n) is 6.72. The van der Waals surface area contributed by atoms with Crippen LogP contribution < -0.4 is 0 Å². The smallest absolute Gasteiger partial charge is 0.214 e. The summed E-state index contributed by atoms with van der Waals surface area (Å²) in [5.74, 6) is 0.834. The number of pyridine rings is 1. The van der Waals surface area contributed by atoms with E-state index in [0.29, 0.717) is 19.0 Å². The van der Waals surface area contributed by atoms with E-state index in [1.54, 1.807) is 4.31 Å². The molecule has 4 rings (SSSR count). The van der Waals surface area contributed by atoms with Gasteiger partial charge in [-0.3, -0.25) is 4.98 Å². The summed E-state index contributed by atoms with van der Waals surface area (Å²) in [6.45, 7) is 5.40. The summed E-state index contributed by atoms with van der Waals surface area (Å²) in [4.78, 5) is 4.91. The van der Waals surface area contributed by atoms with E-state index in [4.69, 9.17) is 4.98 Å².